The van der Waals surface area contributed by atoms with E-state index in [1.54, 1.807) is 7.11 Å². The molecular formula is C14H14F3NO. The SMILES string of the molecule is COC1(C#Cc2ccc(C(F)(F)F)cc2)CCNC1. The highest BCUT2D eigenvalue weighted by molar-refractivity contribution is 5.39. The fourth-order valence-electron chi connectivity index (χ4n) is 1.93. The van der Waals surface area contributed by atoms with Crippen molar-refractivity contribution in [2.75, 3.05) is 20.2 Å². The molecule has 0 radical (unpaired) electrons. The summed E-state index contributed by atoms with van der Waals surface area (Å²) in [6.45, 7) is 1.46. The summed E-state index contributed by atoms with van der Waals surface area (Å²) < 4.78 is 42.6. The van der Waals surface area contributed by atoms with Crippen LogP contribution in [0.5, 0.6) is 0 Å². The molecule has 2 nitrogen and oxygen atoms in total. The topological polar surface area (TPSA) is 21.3 Å². The lowest BCUT2D eigenvalue weighted by Gasteiger charge is -2.19. The average Bonchev–Trinajstić information content (AvgIpc) is 2.85. The first-order chi connectivity index (χ1) is 8.95. The third kappa shape index (κ3) is 3.28. The summed E-state index contributed by atoms with van der Waals surface area (Å²) >= 11 is 0. The Hall–Kier alpha value is -1.51. The summed E-state index contributed by atoms with van der Waals surface area (Å²) in [5.74, 6) is 5.88. The molecule has 0 saturated carbocycles. The van der Waals surface area contributed by atoms with Crippen LogP contribution in [0.1, 0.15) is 17.5 Å². The fourth-order valence-corrected chi connectivity index (χ4v) is 1.93. The third-order valence-corrected chi connectivity index (χ3v) is 3.15. The number of benzene rings is 1. The van der Waals surface area contributed by atoms with Gasteiger partial charge in [-0.1, -0.05) is 11.8 Å². The van der Waals surface area contributed by atoms with Gasteiger partial charge in [-0.2, -0.15) is 13.2 Å². The van der Waals surface area contributed by atoms with Crippen LogP contribution in [0.4, 0.5) is 13.2 Å². The molecule has 1 N–H and O–H groups in total. The van der Waals surface area contributed by atoms with E-state index in [1.165, 1.54) is 12.1 Å². The zero-order valence-corrected chi connectivity index (χ0v) is 10.5. The van der Waals surface area contributed by atoms with Gasteiger partial charge < -0.3 is 10.1 Å². The number of hydrogen-bond donors (Lipinski definition) is 1. The van der Waals surface area contributed by atoms with Crippen LogP contribution in [0.25, 0.3) is 0 Å². The number of methoxy groups -OCH3 is 1. The van der Waals surface area contributed by atoms with Crippen molar-refractivity contribution in [2.24, 2.45) is 0 Å². The Balaban J connectivity index is 2.16. The predicted molar refractivity (Wildman–Crippen MR) is 65.5 cm³/mol. The molecule has 0 spiro atoms. The van der Waals surface area contributed by atoms with Crippen molar-refractivity contribution in [3.8, 4) is 11.8 Å². The second kappa shape index (κ2) is 5.24. The first-order valence-electron chi connectivity index (χ1n) is 5.91. The Morgan fingerprint density at radius 1 is 1.26 bits per heavy atom. The lowest BCUT2D eigenvalue weighted by molar-refractivity contribution is -0.137. The standard InChI is InChI=1S/C14H14F3NO/c1-19-13(8-9-18-10-13)7-6-11-2-4-12(5-3-11)14(15,16)17/h2-5,18H,8-10H2,1H3. The molecule has 0 bridgehead atoms. The molecule has 1 saturated heterocycles. The van der Waals surface area contributed by atoms with Crippen LogP contribution in [-0.4, -0.2) is 25.8 Å². The van der Waals surface area contributed by atoms with Gasteiger partial charge in [0.25, 0.3) is 0 Å². The highest BCUT2D eigenvalue weighted by atomic mass is 19.4. The maximum absolute atomic E-state index is 12.4. The van der Waals surface area contributed by atoms with E-state index in [4.69, 9.17) is 4.74 Å². The normalized spacial score (nSPS) is 22.9. The minimum atomic E-state index is -4.31. The van der Waals surface area contributed by atoms with Crippen LogP contribution in [0.3, 0.4) is 0 Å². The number of rotatable bonds is 1. The number of hydrogen-bond acceptors (Lipinski definition) is 2. The molecule has 102 valence electrons. The molecule has 1 aromatic rings. The highest BCUT2D eigenvalue weighted by Gasteiger charge is 2.32. The summed E-state index contributed by atoms with van der Waals surface area (Å²) in [6, 6.07) is 4.83. The van der Waals surface area contributed by atoms with Gasteiger partial charge in [-0.3, -0.25) is 0 Å². The lowest BCUT2D eigenvalue weighted by atomic mass is 10.0. The Morgan fingerprint density at radius 3 is 2.42 bits per heavy atom. The van der Waals surface area contributed by atoms with Crippen molar-refractivity contribution in [1.29, 1.82) is 0 Å². The molecule has 1 aliphatic rings. The molecule has 0 amide bonds. The van der Waals surface area contributed by atoms with E-state index >= 15 is 0 Å². The van der Waals surface area contributed by atoms with Crippen LogP contribution in [0, 0.1) is 11.8 Å². The van der Waals surface area contributed by atoms with Crippen molar-refractivity contribution in [3.05, 3.63) is 35.4 Å². The van der Waals surface area contributed by atoms with Gasteiger partial charge in [0.2, 0.25) is 0 Å². The van der Waals surface area contributed by atoms with Gasteiger partial charge in [-0.25, -0.2) is 0 Å². The molecule has 0 aromatic heterocycles. The molecule has 1 heterocycles. The van der Waals surface area contributed by atoms with Gasteiger partial charge in [0.15, 0.2) is 0 Å². The Bertz CT molecular complexity index is 490. The van der Waals surface area contributed by atoms with E-state index in [-0.39, 0.29) is 0 Å². The second-order valence-corrected chi connectivity index (χ2v) is 4.45. The van der Waals surface area contributed by atoms with Crippen LogP contribution in [0.15, 0.2) is 24.3 Å². The largest absolute Gasteiger partial charge is 0.416 e. The summed E-state index contributed by atoms with van der Waals surface area (Å²) in [4.78, 5) is 0. The van der Waals surface area contributed by atoms with Gasteiger partial charge in [0.1, 0.15) is 5.60 Å². The average molecular weight is 269 g/mol. The number of ether oxygens (including phenoxy) is 1. The molecule has 1 aromatic carbocycles. The number of halogens is 3. The van der Waals surface area contributed by atoms with Crippen molar-refractivity contribution in [2.45, 2.75) is 18.2 Å². The van der Waals surface area contributed by atoms with E-state index in [9.17, 15) is 13.2 Å². The summed E-state index contributed by atoms with van der Waals surface area (Å²) in [5.41, 5.74) is -0.638. The van der Waals surface area contributed by atoms with Gasteiger partial charge in [-0.15, -0.1) is 0 Å². The Kier molecular flexibility index (Phi) is 3.83. The molecule has 1 aliphatic heterocycles. The molecule has 5 heteroatoms. The zero-order chi connectivity index (χ0) is 13.9. The van der Waals surface area contributed by atoms with E-state index in [2.05, 4.69) is 17.2 Å². The van der Waals surface area contributed by atoms with E-state index in [1.807, 2.05) is 0 Å². The number of alkyl halides is 3. The zero-order valence-electron chi connectivity index (χ0n) is 10.5. The van der Waals surface area contributed by atoms with Crippen LogP contribution in [-0.2, 0) is 10.9 Å². The first kappa shape index (κ1) is 13.9. The number of nitrogens with one attached hydrogen (secondary N) is 1. The maximum atomic E-state index is 12.4. The summed E-state index contributed by atoms with van der Waals surface area (Å²) in [6.07, 6.45) is -3.54. The highest BCUT2D eigenvalue weighted by Crippen LogP contribution is 2.29. The van der Waals surface area contributed by atoms with E-state index < -0.39 is 17.3 Å². The maximum Gasteiger partial charge on any atom is 0.416 e. The van der Waals surface area contributed by atoms with Crippen molar-refractivity contribution in [1.82, 2.24) is 5.32 Å². The van der Waals surface area contributed by atoms with Crippen molar-refractivity contribution >= 4 is 0 Å². The molecule has 1 fully saturated rings. The van der Waals surface area contributed by atoms with Gasteiger partial charge in [-0.05, 0) is 30.8 Å². The predicted octanol–water partition coefficient (Wildman–Crippen LogP) is 2.44. The minimum absolute atomic E-state index is 0.525. The fraction of sp³-hybridized carbons (Fsp3) is 0.429. The van der Waals surface area contributed by atoms with Gasteiger partial charge in [0.05, 0.1) is 5.56 Å². The van der Waals surface area contributed by atoms with Crippen LogP contribution in [0.2, 0.25) is 0 Å². The Labute approximate surface area is 110 Å². The molecule has 2 rings (SSSR count). The summed E-state index contributed by atoms with van der Waals surface area (Å²) in [5, 5.41) is 3.15. The molecular weight excluding hydrogens is 255 g/mol. The summed E-state index contributed by atoms with van der Waals surface area (Å²) in [7, 11) is 1.59. The molecule has 0 aliphatic carbocycles. The Morgan fingerprint density at radius 2 is 1.95 bits per heavy atom. The molecule has 1 unspecified atom stereocenters. The molecule has 19 heavy (non-hydrogen) atoms. The first-order valence-corrected chi connectivity index (χ1v) is 5.91. The van der Waals surface area contributed by atoms with Gasteiger partial charge in [0, 0.05) is 25.6 Å². The molecule has 1 atom stereocenters. The van der Waals surface area contributed by atoms with Crippen LogP contribution < -0.4 is 5.32 Å². The quantitative estimate of drug-likeness (QED) is 0.791. The van der Waals surface area contributed by atoms with Crippen molar-refractivity contribution < 1.29 is 17.9 Å². The minimum Gasteiger partial charge on any atom is -0.364 e. The van der Waals surface area contributed by atoms with E-state index in [0.29, 0.717) is 12.1 Å². The van der Waals surface area contributed by atoms with Crippen LogP contribution >= 0.6 is 0 Å². The second-order valence-electron chi connectivity index (χ2n) is 4.45. The smallest absolute Gasteiger partial charge is 0.364 e. The van der Waals surface area contributed by atoms with Gasteiger partial charge >= 0.3 is 6.18 Å². The lowest BCUT2D eigenvalue weighted by Crippen LogP contribution is -2.31. The van der Waals surface area contributed by atoms with E-state index in [0.717, 1.165) is 25.1 Å². The monoisotopic (exact) mass is 269 g/mol. The van der Waals surface area contributed by atoms with Crippen molar-refractivity contribution in [3.63, 3.8) is 0 Å². The third-order valence-electron chi connectivity index (χ3n) is 3.15.